The Morgan fingerprint density at radius 3 is 0.750 bits per heavy atom. The first kappa shape index (κ1) is 34.2. The van der Waals surface area contributed by atoms with Gasteiger partial charge >= 0.3 is 39.9 Å². The summed E-state index contributed by atoms with van der Waals surface area (Å²) in [7, 11) is 0. The normalized spacial score (nSPS) is 0. The minimum atomic E-state index is 0. The zero-order valence-electron chi connectivity index (χ0n) is 1.58. The third-order valence-corrected chi connectivity index (χ3v) is 0. The van der Waals surface area contributed by atoms with Crippen molar-refractivity contribution in [3.63, 3.8) is 0 Å². The summed E-state index contributed by atoms with van der Waals surface area (Å²) in [4.78, 5) is 0. The van der Waals surface area contributed by atoms with Crippen molar-refractivity contribution in [2.45, 2.75) is 0 Å². The Labute approximate surface area is 78.6 Å². The van der Waals surface area contributed by atoms with Gasteiger partial charge in [0.25, 0.3) is 0 Å². The van der Waals surface area contributed by atoms with Crippen LogP contribution >= 0.6 is 0 Å². The zero-order valence-corrected chi connectivity index (χ0v) is 7.25. The van der Waals surface area contributed by atoms with Crippen molar-refractivity contribution in [2.24, 2.45) is 0 Å². The van der Waals surface area contributed by atoms with E-state index in [1.807, 2.05) is 0 Å². The van der Waals surface area contributed by atoms with Gasteiger partial charge in [-0.1, -0.05) is 0 Å². The molecule has 0 aliphatic carbocycles. The third-order valence-electron chi connectivity index (χ3n) is 0. The van der Waals surface area contributed by atoms with Crippen LogP contribution in [0.15, 0.2) is 0 Å². The molecule has 0 N–H and O–H groups in total. The molecule has 1 radical (unpaired) electrons. The Morgan fingerprint density at radius 1 is 0.750 bits per heavy atom. The van der Waals surface area contributed by atoms with Gasteiger partial charge in [0.1, 0.15) is 0 Å². The molecule has 0 aromatic rings. The summed E-state index contributed by atoms with van der Waals surface area (Å²) >= 11 is 0. The maximum atomic E-state index is 0. The third kappa shape index (κ3) is 8.87. The smallest absolute Gasteiger partial charge is 2.00 e. The van der Waals surface area contributed by atoms with E-state index in [0.29, 0.717) is 0 Å². The number of hydrogen-bond donors (Lipinski definition) is 0. The van der Waals surface area contributed by atoms with E-state index in [9.17, 15) is 0 Å². The summed E-state index contributed by atoms with van der Waals surface area (Å²) in [5.74, 6) is 0. The molecular weight excluding hydrogens is 433 g/mol. The van der Waals surface area contributed by atoms with Gasteiger partial charge in [-0.25, -0.2) is 0 Å². The minimum Gasteiger partial charge on any atom is -2.00 e. The molecular formula is GdO2Pu-. The molecule has 0 spiro atoms. The molecule has 0 saturated carbocycles. The van der Waals surface area contributed by atoms with Crippen LogP contribution in [0.2, 0.25) is 0 Å². The quantitative estimate of drug-likeness (QED) is 0.507. The van der Waals surface area contributed by atoms with Gasteiger partial charge in [0, 0.05) is 29.2 Å². The number of rotatable bonds is 0. The van der Waals surface area contributed by atoms with Gasteiger partial charge in [0.05, 0.1) is 0 Å². The van der Waals surface area contributed by atoms with Gasteiger partial charge in [0.2, 0.25) is 0 Å². The van der Waals surface area contributed by atoms with Gasteiger partial charge < -0.3 is 11.0 Å². The molecule has 0 aliphatic rings. The predicted octanol–water partition coefficient (Wildman–Crippen LogP) is -0.238. The predicted molar refractivity (Wildman–Crippen MR) is 1.37 cm³/mol. The van der Waals surface area contributed by atoms with E-state index in [4.69, 9.17) is 0 Å². The van der Waals surface area contributed by atoms with E-state index in [0.717, 1.165) is 0 Å². The minimum absolute atomic E-state index is 0. The second-order valence-electron chi connectivity index (χ2n) is 0. The van der Waals surface area contributed by atoms with Crippen molar-refractivity contribution >= 4 is 0 Å². The summed E-state index contributed by atoms with van der Waals surface area (Å²) in [6.07, 6.45) is 0. The van der Waals surface area contributed by atoms with E-state index in [2.05, 4.69) is 0 Å². The second-order valence-corrected chi connectivity index (χ2v) is 0. The standard InChI is InChI=1S/Gd.2O.Pu/q+3;2*-2;. The summed E-state index contributed by atoms with van der Waals surface area (Å²) in [6, 6.07) is 0. The molecule has 0 heterocycles. The van der Waals surface area contributed by atoms with Gasteiger partial charge in [-0.3, -0.25) is 0 Å². The first-order chi connectivity index (χ1) is 0. The van der Waals surface area contributed by atoms with E-state index >= 15 is 0 Å². The molecule has 2 nitrogen and oxygen atoms in total. The molecule has 0 rings (SSSR count). The van der Waals surface area contributed by atoms with Crippen molar-refractivity contribution < 1.29 is 80.1 Å². The molecule has 0 fully saturated rings. The van der Waals surface area contributed by atoms with Crippen molar-refractivity contribution in [1.29, 1.82) is 0 Å². The molecule has 4 heavy (non-hydrogen) atoms. The average Bonchev–Trinajstić information content (AvgIpc) is 0. The van der Waals surface area contributed by atoms with Crippen LogP contribution in [0.5, 0.6) is 0 Å². The monoisotopic (exact) mass is 428 g/mol. The van der Waals surface area contributed by atoms with Crippen LogP contribution in [0.3, 0.4) is 0 Å². The summed E-state index contributed by atoms with van der Waals surface area (Å²) in [5.41, 5.74) is 0. The van der Waals surface area contributed by atoms with Crippen LogP contribution in [-0.4, -0.2) is 0 Å². The largest absolute Gasteiger partial charge is 3.00 e. The van der Waals surface area contributed by atoms with Crippen LogP contribution < -0.4 is 0 Å². The Kier molecular flexibility index (Phi) is 161. The maximum absolute atomic E-state index is 0. The fourth-order valence-electron chi connectivity index (χ4n) is 0. The van der Waals surface area contributed by atoms with Crippen LogP contribution in [-0.2, 0) is 11.0 Å². The summed E-state index contributed by atoms with van der Waals surface area (Å²) in [5, 5.41) is 0. The van der Waals surface area contributed by atoms with E-state index in [1.54, 1.807) is 0 Å². The Balaban J connectivity index is 0. The average molecular weight is 433 g/mol. The fourth-order valence-corrected chi connectivity index (χ4v) is 0. The van der Waals surface area contributed by atoms with E-state index in [1.165, 1.54) is 0 Å². The molecule has 0 saturated heterocycles. The first-order valence-corrected chi connectivity index (χ1v) is 0. The second kappa shape index (κ2) is 18.8. The van der Waals surface area contributed by atoms with Crippen LogP contribution in [0.25, 0.3) is 0 Å². The van der Waals surface area contributed by atoms with E-state index < -0.39 is 0 Å². The van der Waals surface area contributed by atoms with Crippen molar-refractivity contribution in [3.05, 3.63) is 0 Å². The van der Waals surface area contributed by atoms with Gasteiger partial charge in [-0.2, -0.15) is 0 Å². The summed E-state index contributed by atoms with van der Waals surface area (Å²) < 4.78 is 0. The molecule has 0 aromatic heterocycles. The van der Waals surface area contributed by atoms with Gasteiger partial charge in [-0.15, -0.1) is 0 Å². The van der Waals surface area contributed by atoms with Crippen molar-refractivity contribution in [3.8, 4) is 0 Å². The molecule has 0 unspecified atom stereocenters. The van der Waals surface area contributed by atoms with Crippen molar-refractivity contribution in [1.82, 2.24) is 0 Å². The van der Waals surface area contributed by atoms with Crippen LogP contribution in [0, 0.1) is 69.1 Å². The maximum Gasteiger partial charge on any atom is 3.00 e. The molecule has 0 amide bonds. The molecule has 4 heteroatoms. The van der Waals surface area contributed by atoms with Gasteiger partial charge in [0.15, 0.2) is 0 Å². The number of hydrogen-bond acceptors (Lipinski definition) is 0. The SMILES string of the molecule is [Gd+3].[O-2].[O-2].[Pu]. The first-order valence-electron chi connectivity index (χ1n) is 0. The molecule has 27 valence electrons. The Bertz CT molecular complexity index is 6.00. The molecule has 0 bridgehead atoms. The molecule has 0 aromatic carbocycles. The topological polar surface area (TPSA) is 57.0 Å². The Hall–Kier alpha value is 2.23. The summed E-state index contributed by atoms with van der Waals surface area (Å²) in [6.45, 7) is 0. The zero-order chi connectivity index (χ0) is 0. The van der Waals surface area contributed by atoms with Gasteiger partial charge in [-0.05, 0) is 0 Å². The van der Waals surface area contributed by atoms with E-state index in [-0.39, 0.29) is 80.1 Å². The molecule has 0 atom stereocenters. The molecule has 0 aliphatic heterocycles. The van der Waals surface area contributed by atoms with Crippen LogP contribution in [0.1, 0.15) is 0 Å². The van der Waals surface area contributed by atoms with Crippen LogP contribution in [0.4, 0.5) is 0 Å². The fraction of sp³-hybridized carbons (Fsp3) is 0. The Morgan fingerprint density at radius 2 is 0.750 bits per heavy atom. The van der Waals surface area contributed by atoms with Crippen molar-refractivity contribution in [2.75, 3.05) is 0 Å².